The van der Waals surface area contributed by atoms with E-state index >= 15 is 0 Å². The lowest BCUT2D eigenvalue weighted by molar-refractivity contribution is 0.303. The number of hydrogen-bond donors (Lipinski definition) is 1. The van der Waals surface area contributed by atoms with E-state index in [1.54, 1.807) is 0 Å². The molecule has 0 heterocycles. The zero-order valence-electron chi connectivity index (χ0n) is 14.8. The summed E-state index contributed by atoms with van der Waals surface area (Å²) in [5, 5.41) is 3.46. The number of aryl methyl sites for hydroxylation is 1. The molecule has 0 aliphatic carbocycles. The van der Waals surface area contributed by atoms with E-state index in [4.69, 9.17) is 4.74 Å². The molecule has 0 unspecified atom stereocenters. The Morgan fingerprint density at radius 3 is 2.43 bits per heavy atom. The van der Waals surface area contributed by atoms with Crippen LogP contribution in [0.15, 0.2) is 18.2 Å². The molecule has 0 saturated carbocycles. The number of hydrogen-bond acceptors (Lipinski definition) is 2. The van der Waals surface area contributed by atoms with Crippen LogP contribution in [0, 0.1) is 12.8 Å². The Bertz CT molecular complexity index is 418. The molecule has 1 N–H and O–H groups in total. The third-order valence-electron chi connectivity index (χ3n) is 3.60. The summed E-state index contributed by atoms with van der Waals surface area (Å²) in [5.41, 5.74) is 2.80. The van der Waals surface area contributed by atoms with Crippen LogP contribution in [0.4, 0.5) is 0 Å². The SMILES string of the molecule is Cc1cc(C(C)(C)C)ccc1OCCCCNCC(C)C. The molecule has 0 spiro atoms. The van der Waals surface area contributed by atoms with Crippen LogP contribution in [0.2, 0.25) is 0 Å². The molecule has 2 nitrogen and oxygen atoms in total. The second-order valence-electron chi connectivity index (χ2n) is 7.38. The van der Waals surface area contributed by atoms with Gasteiger partial charge < -0.3 is 10.1 Å². The lowest BCUT2D eigenvalue weighted by Gasteiger charge is -2.20. The predicted molar refractivity (Wildman–Crippen MR) is 92.3 cm³/mol. The summed E-state index contributed by atoms with van der Waals surface area (Å²) in [6.07, 6.45) is 2.28. The molecule has 2 heteroatoms. The fourth-order valence-corrected chi connectivity index (χ4v) is 2.20. The van der Waals surface area contributed by atoms with Crippen LogP contribution >= 0.6 is 0 Å². The van der Waals surface area contributed by atoms with Crippen molar-refractivity contribution >= 4 is 0 Å². The third-order valence-corrected chi connectivity index (χ3v) is 3.60. The van der Waals surface area contributed by atoms with Crippen molar-refractivity contribution in [2.24, 2.45) is 5.92 Å². The molecular weight excluding hydrogens is 258 g/mol. The van der Waals surface area contributed by atoms with Crippen molar-refractivity contribution in [2.45, 2.75) is 59.8 Å². The minimum absolute atomic E-state index is 0.200. The van der Waals surface area contributed by atoms with Gasteiger partial charge in [0.15, 0.2) is 0 Å². The van der Waals surface area contributed by atoms with Crippen molar-refractivity contribution in [1.29, 1.82) is 0 Å². The van der Waals surface area contributed by atoms with E-state index < -0.39 is 0 Å². The van der Waals surface area contributed by atoms with Gasteiger partial charge >= 0.3 is 0 Å². The quantitative estimate of drug-likeness (QED) is 0.701. The fourth-order valence-electron chi connectivity index (χ4n) is 2.20. The zero-order valence-corrected chi connectivity index (χ0v) is 14.8. The molecule has 0 aromatic heterocycles. The van der Waals surface area contributed by atoms with Crippen molar-refractivity contribution in [3.63, 3.8) is 0 Å². The highest BCUT2D eigenvalue weighted by molar-refractivity contribution is 5.38. The van der Waals surface area contributed by atoms with Crippen LogP contribution < -0.4 is 10.1 Å². The van der Waals surface area contributed by atoms with E-state index in [1.807, 2.05) is 0 Å². The topological polar surface area (TPSA) is 21.3 Å². The highest BCUT2D eigenvalue weighted by Gasteiger charge is 2.14. The zero-order chi connectivity index (χ0) is 15.9. The third kappa shape index (κ3) is 6.99. The Kier molecular flexibility index (Phi) is 7.24. The average Bonchev–Trinajstić information content (AvgIpc) is 2.37. The van der Waals surface area contributed by atoms with Crippen LogP contribution in [0.25, 0.3) is 0 Å². The number of ether oxygens (including phenoxy) is 1. The first kappa shape index (κ1) is 18.0. The van der Waals surface area contributed by atoms with Gasteiger partial charge in [0, 0.05) is 0 Å². The van der Waals surface area contributed by atoms with Crippen LogP contribution in [-0.4, -0.2) is 19.7 Å². The van der Waals surface area contributed by atoms with Crippen LogP contribution in [-0.2, 0) is 5.41 Å². The maximum atomic E-state index is 5.90. The van der Waals surface area contributed by atoms with Crippen LogP contribution in [0.1, 0.15) is 58.6 Å². The Balaban J connectivity index is 2.30. The van der Waals surface area contributed by atoms with Crippen molar-refractivity contribution in [2.75, 3.05) is 19.7 Å². The lowest BCUT2D eigenvalue weighted by atomic mass is 9.86. The van der Waals surface area contributed by atoms with Gasteiger partial charge in [-0.05, 0) is 61.4 Å². The maximum absolute atomic E-state index is 5.90. The molecular formula is C19H33NO. The Morgan fingerprint density at radius 2 is 1.86 bits per heavy atom. The van der Waals surface area contributed by atoms with E-state index in [2.05, 4.69) is 65.1 Å². The minimum atomic E-state index is 0.200. The smallest absolute Gasteiger partial charge is 0.122 e. The maximum Gasteiger partial charge on any atom is 0.122 e. The summed E-state index contributed by atoms with van der Waals surface area (Å²) in [6.45, 7) is 16.3. The molecule has 21 heavy (non-hydrogen) atoms. The van der Waals surface area contributed by atoms with E-state index in [0.29, 0.717) is 0 Å². The number of unbranched alkanes of at least 4 members (excludes halogenated alkanes) is 1. The molecule has 1 aromatic rings. The van der Waals surface area contributed by atoms with Crippen molar-refractivity contribution in [1.82, 2.24) is 5.32 Å². The molecule has 0 aliphatic rings. The van der Waals surface area contributed by atoms with E-state index in [1.165, 1.54) is 17.5 Å². The van der Waals surface area contributed by atoms with Gasteiger partial charge in [0.2, 0.25) is 0 Å². The number of benzene rings is 1. The number of nitrogens with one attached hydrogen (secondary N) is 1. The Labute approximate surface area is 131 Å². The standard InChI is InChI=1S/C19H33NO/c1-15(2)14-20-11-7-8-12-21-18-10-9-17(13-16(18)3)19(4,5)6/h9-10,13,15,20H,7-8,11-12,14H2,1-6H3. The second-order valence-corrected chi connectivity index (χ2v) is 7.38. The van der Waals surface area contributed by atoms with Gasteiger partial charge in [-0.1, -0.05) is 46.8 Å². The first-order valence-electron chi connectivity index (χ1n) is 8.25. The predicted octanol–water partition coefficient (Wildman–Crippen LogP) is 4.70. The molecule has 120 valence electrons. The fraction of sp³-hybridized carbons (Fsp3) is 0.684. The van der Waals surface area contributed by atoms with Crippen molar-refractivity contribution < 1.29 is 4.74 Å². The van der Waals surface area contributed by atoms with Gasteiger partial charge in [-0.15, -0.1) is 0 Å². The largest absolute Gasteiger partial charge is 0.493 e. The van der Waals surface area contributed by atoms with Crippen LogP contribution in [0.3, 0.4) is 0 Å². The normalized spacial score (nSPS) is 12.0. The van der Waals surface area contributed by atoms with Crippen molar-refractivity contribution in [3.8, 4) is 5.75 Å². The second kappa shape index (κ2) is 8.43. The molecule has 0 bridgehead atoms. The van der Waals surface area contributed by atoms with E-state index in [9.17, 15) is 0 Å². The van der Waals surface area contributed by atoms with Gasteiger partial charge in [0.1, 0.15) is 5.75 Å². The number of rotatable bonds is 8. The highest BCUT2D eigenvalue weighted by atomic mass is 16.5. The first-order valence-corrected chi connectivity index (χ1v) is 8.25. The van der Waals surface area contributed by atoms with Gasteiger partial charge in [-0.3, -0.25) is 0 Å². The van der Waals surface area contributed by atoms with Crippen LogP contribution in [0.5, 0.6) is 5.75 Å². The molecule has 0 aliphatic heterocycles. The molecule has 1 aromatic carbocycles. The molecule has 0 saturated heterocycles. The Morgan fingerprint density at radius 1 is 1.14 bits per heavy atom. The summed E-state index contributed by atoms with van der Waals surface area (Å²) in [6, 6.07) is 6.55. The van der Waals surface area contributed by atoms with Gasteiger partial charge in [-0.25, -0.2) is 0 Å². The molecule has 1 rings (SSSR count). The van der Waals surface area contributed by atoms with E-state index in [-0.39, 0.29) is 5.41 Å². The Hall–Kier alpha value is -1.02. The summed E-state index contributed by atoms with van der Waals surface area (Å²) in [4.78, 5) is 0. The molecule has 0 fully saturated rings. The first-order chi connectivity index (χ1) is 9.80. The minimum Gasteiger partial charge on any atom is -0.493 e. The average molecular weight is 291 g/mol. The summed E-state index contributed by atoms with van der Waals surface area (Å²) < 4.78 is 5.90. The molecule has 0 atom stereocenters. The molecule has 0 amide bonds. The van der Waals surface area contributed by atoms with E-state index in [0.717, 1.165) is 37.8 Å². The van der Waals surface area contributed by atoms with Gasteiger partial charge in [-0.2, -0.15) is 0 Å². The lowest BCUT2D eigenvalue weighted by Crippen LogP contribution is -2.21. The summed E-state index contributed by atoms with van der Waals surface area (Å²) >= 11 is 0. The van der Waals surface area contributed by atoms with Gasteiger partial charge in [0.25, 0.3) is 0 Å². The summed E-state index contributed by atoms with van der Waals surface area (Å²) in [5.74, 6) is 1.75. The molecule has 0 radical (unpaired) electrons. The monoisotopic (exact) mass is 291 g/mol. The van der Waals surface area contributed by atoms with Crippen molar-refractivity contribution in [3.05, 3.63) is 29.3 Å². The highest BCUT2D eigenvalue weighted by Crippen LogP contribution is 2.27. The van der Waals surface area contributed by atoms with Gasteiger partial charge in [0.05, 0.1) is 6.61 Å². The summed E-state index contributed by atoms with van der Waals surface area (Å²) in [7, 11) is 0.